The van der Waals surface area contributed by atoms with Gasteiger partial charge in [0, 0.05) is 11.6 Å². The summed E-state index contributed by atoms with van der Waals surface area (Å²) in [7, 11) is 1.62. The van der Waals surface area contributed by atoms with Crippen molar-refractivity contribution in [2.75, 3.05) is 20.3 Å². The van der Waals surface area contributed by atoms with E-state index in [0.717, 1.165) is 17.1 Å². The van der Waals surface area contributed by atoms with Crippen molar-refractivity contribution < 1.29 is 19.3 Å². The third kappa shape index (κ3) is 3.90. The zero-order valence-corrected chi connectivity index (χ0v) is 11.4. The predicted molar refractivity (Wildman–Crippen MR) is 76.3 cm³/mol. The highest BCUT2D eigenvalue weighted by Crippen LogP contribution is 2.19. The fraction of sp³-hybridized carbons (Fsp3) is 0.250. The van der Waals surface area contributed by atoms with Crippen LogP contribution in [0.4, 0.5) is 0 Å². The maximum atomic E-state index is 9.19. The minimum absolute atomic E-state index is 0.0348. The molecule has 0 saturated heterocycles. The van der Waals surface area contributed by atoms with Crippen LogP contribution in [-0.4, -0.2) is 25.4 Å². The van der Waals surface area contributed by atoms with Crippen LogP contribution in [0, 0.1) is 0 Å². The van der Waals surface area contributed by atoms with Gasteiger partial charge in [0.05, 0.1) is 13.7 Å². The Bertz CT molecular complexity index is 540. The van der Waals surface area contributed by atoms with Crippen molar-refractivity contribution in [3.05, 3.63) is 54.1 Å². The summed E-state index contributed by atoms with van der Waals surface area (Å²) in [6, 6.07) is 14.8. The highest BCUT2D eigenvalue weighted by atomic mass is 16.5. The lowest BCUT2D eigenvalue weighted by molar-refractivity contribution is 0.209. The van der Waals surface area contributed by atoms with Gasteiger partial charge in [-0.3, -0.25) is 0 Å². The van der Waals surface area contributed by atoms with E-state index in [1.165, 1.54) is 0 Å². The third-order valence-corrected chi connectivity index (χ3v) is 2.79. The summed E-state index contributed by atoms with van der Waals surface area (Å²) in [5.41, 5.74) is 0.772. The molecule has 0 unspecified atom stereocenters. The molecule has 0 aliphatic rings. The summed E-state index contributed by atoms with van der Waals surface area (Å²) in [6.45, 7) is 0.800. The number of aliphatic hydroxyl groups excluding tert-OH is 1. The average Bonchev–Trinajstić information content (AvgIpc) is 2.52. The highest BCUT2D eigenvalue weighted by Gasteiger charge is 2.01. The number of aliphatic hydroxyl groups is 1. The number of hydrogen-bond acceptors (Lipinski definition) is 4. The Labute approximate surface area is 118 Å². The monoisotopic (exact) mass is 274 g/mol. The van der Waals surface area contributed by atoms with Gasteiger partial charge in [0.1, 0.15) is 30.5 Å². The average molecular weight is 274 g/mol. The number of hydrogen-bond donors (Lipinski definition) is 1. The number of rotatable bonds is 7. The summed E-state index contributed by atoms with van der Waals surface area (Å²) in [4.78, 5) is 0. The molecule has 0 atom stereocenters. The fourth-order valence-corrected chi connectivity index (χ4v) is 1.78. The van der Waals surface area contributed by atoms with Crippen LogP contribution in [0.25, 0.3) is 0 Å². The first-order valence-corrected chi connectivity index (χ1v) is 6.42. The van der Waals surface area contributed by atoms with Gasteiger partial charge in [-0.05, 0) is 18.2 Å². The second kappa shape index (κ2) is 7.40. The van der Waals surface area contributed by atoms with Gasteiger partial charge >= 0.3 is 0 Å². The molecule has 1 N–H and O–H groups in total. The molecular formula is C16H18O4. The lowest BCUT2D eigenvalue weighted by atomic mass is 10.2. The standard InChI is InChI=1S/C16H18O4/c1-18-14-6-4-7-15(11-14)19-9-10-20-16-8-3-2-5-13(16)12-17/h2-8,11,17H,9-10,12H2,1H3. The zero-order chi connectivity index (χ0) is 14.2. The molecule has 0 aliphatic carbocycles. The molecule has 4 heteroatoms. The van der Waals surface area contributed by atoms with E-state index in [2.05, 4.69) is 0 Å². The molecule has 0 spiro atoms. The van der Waals surface area contributed by atoms with Crippen LogP contribution in [0.1, 0.15) is 5.56 Å². The molecule has 0 aliphatic heterocycles. The quantitative estimate of drug-likeness (QED) is 0.789. The van der Waals surface area contributed by atoms with E-state index < -0.39 is 0 Å². The number of benzene rings is 2. The van der Waals surface area contributed by atoms with Crippen LogP contribution in [0.15, 0.2) is 48.5 Å². The summed E-state index contributed by atoms with van der Waals surface area (Å²) >= 11 is 0. The summed E-state index contributed by atoms with van der Waals surface area (Å²) in [5.74, 6) is 2.18. The smallest absolute Gasteiger partial charge is 0.124 e. The van der Waals surface area contributed by atoms with Gasteiger partial charge in [0.25, 0.3) is 0 Å². The van der Waals surface area contributed by atoms with Crippen LogP contribution < -0.4 is 14.2 Å². The van der Waals surface area contributed by atoms with E-state index in [9.17, 15) is 5.11 Å². The van der Waals surface area contributed by atoms with Crippen molar-refractivity contribution >= 4 is 0 Å². The lowest BCUT2D eigenvalue weighted by Crippen LogP contribution is -2.10. The minimum Gasteiger partial charge on any atom is -0.497 e. The minimum atomic E-state index is -0.0348. The van der Waals surface area contributed by atoms with E-state index in [-0.39, 0.29) is 6.61 Å². The third-order valence-electron chi connectivity index (χ3n) is 2.79. The molecule has 0 amide bonds. The van der Waals surface area contributed by atoms with Gasteiger partial charge in [-0.1, -0.05) is 24.3 Å². The first-order valence-electron chi connectivity index (χ1n) is 6.42. The van der Waals surface area contributed by atoms with E-state index >= 15 is 0 Å². The molecule has 0 fully saturated rings. The Balaban J connectivity index is 1.81. The maximum absolute atomic E-state index is 9.19. The first-order chi connectivity index (χ1) is 9.83. The highest BCUT2D eigenvalue weighted by molar-refractivity contribution is 5.33. The Kier molecular flexibility index (Phi) is 5.26. The van der Waals surface area contributed by atoms with Gasteiger partial charge in [-0.15, -0.1) is 0 Å². The Morgan fingerprint density at radius 1 is 0.900 bits per heavy atom. The maximum Gasteiger partial charge on any atom is 0.124 e. The van der Waals surface area contributed by atoms with Crippen molar-refractivity contribution in [2.45, 2.75) is 6.61 Å². The Morgan fingerprint density at radius 2 is 1.65 bits per heavy atom. The number of methoxy groups -OCH3 is 1. The van der Waals surface area contributed by atoms with Crippen LogP contribution in [0.5, 0.6) is 17.2 Å². The van der Waals surface area contributed by atoms with Crippen LogP contribution in [0.3, 0.4) is 0 Å². The summed E-state index contributed by atoms with van der Waals surface area (Å²) in [6.07, 6.45) is 0. The molecule has 0 radical (unpaired) electrons. The van der Waals surface area contributed by atoms with Crippen molar-refractivity contribution in [1.82, 2.24) is 0 Å². The summed E-state index contributed by atoms with van der Waals surface area (Å²) < 4.78 is 16.3. The lowest BCUT2D eigenvalue weighted by Gasteiger charge is -2.11. The number of para-hydroxylation sites is 1. The molecule has 2 aromatic carbocycles. The molecule has 106 valence electrons. The molecule has 0 saturated carbocycles. The number of ether oxygens (including phenoxy) is 3. The van der Waals surface area contributed by atoms with E-state index in [1.807, 2.05) is 48.5 Å². The Morgan fingerprint density at radius 3 is 2.45 bits per heavy atom. The predicted octanol–water partition coefficient (Wildman–Crippen LogP) is 2.65. The van der Waals surface area contributed by atoms with Gasteiger partial charge in [0.15, 0.2) is 0 Å². The topological polar surface area (TPSA) is 47.9 Å². The van der Waals surface area contributed by atoms with Crippen molar-refractivity contribution in [2.24, 2.45) is 0 Å². The molecule has 2 aromatic rings. The Hall–Kier alpha value is -2.20. The van der Waals surface area contributed by atoms with Crippen molar-refractivity contribution in [1.29, 1.82) is 0 Å². The van der Waals surface area contributed by atoms with Gasteiger partial charge in [-0.25, -0.2) is 0 Å². The molecule has 0 heterocycles. The van der Waals surface area contributed by atoms with E-state index in [0.29, 0.717) is 19.0 Å². The van der Waals surface area contributed by atoms with Crippen LogP contribution in [-0.2, 0) is 6.61 Å². The molecule has 20 heavy (non-hydrogen) atoms. The normalized spacial score (nSPS) is 10.1. The molecule has 2 rings (SSSR count). The van der Waals surface area contributed by atoms with Gasteiger partial charge in [-0.2, -0.15) is 0 Å². The van der Waals surface area contributed by atoms with Crippen molar-refractivity contribution in [3.63, 3.8) is 0 Å². The van der Waals surface area contributed by atoms with Gasteiger partial charge in [0.2, 0.25) is 0 Å². The fourth-order valence-electron chi connectivity index (χ4n) is 1.78. The molecule has 0 bridgehead atoms. The second-order valence-electron chi connectivity index (χ2n) is 4.14. The first kappa shape index (κ1) is 14.2. The second-order valence-corrected chi connectivity index (χ2v) is 4.14. The molecule has 4 nitrogen and oxygen atoms in total. The summed E-state index contributed by atoms with van der Waals surface area (Å²) in [5, 5.41) is 9.19. The molecular weight excluding hydrogens is 256 g/mol. The van der Waals surface area contributed by atoms with Crippen LogP contribution in [0.2, 0.25) is 0 Å². The zero-order valence-electron chi connectivity index (χ0n) is 11.4. The molecule has 0 aromatic heterocycles. The van der Waals surface area contributed by atoms with Crippen molar-refractivity contribution in [3.8, 4) is 17.2 Å². The van der Waals surface area contributed by atoms with Gasteiger partial charge < -0.3 is 19.3 Å². The SMILES string of the molecule is COc1cccc(OCCOc2ccccc2CO)c1. The van der Waals surface area contributed by atoms with E-state index in [4.69, 9.17) is 14.2 Å². The largest absolute Gasteiger partial charge is 0.497 e. The van der Waals surface area contributed by atoms with E-state index in [1.54, 1.807) is 7.11 Å². The van der Waals surface area contributed by atoms with Crippen LogP contribution >= 0.6 is 0 Å².